The second-order valence-corrected chi connectivity index (χ2v) is 7.92. The quantitative estimate of drug-likeness (QED) is 0.554. The van der Waals surface area contributed by atoms with Gasteiger partial charge in [-0.05, 0) is 45.4 Å². The van der Waals surface area contributed by atoms with E-state index in [-0.39, 0.29) is 11.9 Å². The molecule has 0 bridgehead atoms. The summed E-state index contributed by atoms with van der Waals surface area (Å²) in [5.74, 6) is 1.05. The van der Waals surface area contributed by atoms with Crippen molar-refractivity contribution in [2.45, 2.75) is 57.5 Å². The predicted octanol–water partition coefficient (Wildman–Crippen LogP) is 2.62. The van der Waals surface area contributed by atoms with Gasteiger partial charge in [-0.15, -0.1) is 0 Å². The number of pyridine rings is 1. The molecule has 7 heteroatoms. The van der Waals surface area contributed by atoms with Crippen LogP contribution in [0.5, 0.6) is 0 Å². The molecule has 3 rings (SSSR count). The van der Waals surface area contributed by atoms with Crippen molar-refractivity contribution in [2.75, 3.05) is 44.7 Å². The van der Waals surface area contributed by atoms with Crippen LogP contribution in [-0.2, 0) is 0 Å². The van der Waals surface area contributed by atoms with Crippen LogP contribution in [0, 0.1) is 5.82 Å². The van der Waals surface area contributed by atoms with Crippen molar-refractivity contribution in [1.82, 2.24) is 20.5 Å². The smallest absolute Gasteiger partial charge is 0.191 e. The lowest BCUT2D eigenvalue weighted by atomic mass is 9.94. The highest BCUT2D eigenvalue weighted by Crippen LogP contribution is 2.22. The van der Waals surface area contributed by atoms with Crippen LogP contribution in [0.1, 0.15) is 45.4 Å². The maximum Gasteiger partial charge on any atom is 0.191 e. The first-order valence-electron chi connectivity index (χ1n) is 10.8. The molecular weight excluding hydrogens is 355 g/mol. The van der Waals surface area contributed by atoms with Gasteiger partial charge in [-0.3, -0.25) is 4.99 Å². The van der Waals surface area contributed by atoms with Crippen LogP contribution in [0.3, 0.4) is 0 Å². The summed E-state index contributed by atoms with van der Waals surface area (Å²) in [4.78, 5) is 13.4. The van der Waals surface area contributed by atoms with Gasteiger partial charge in [0.05, 0.1) is 6.54 Å². The number of hydrogen-bond acceptors (Lipinski definition) is 4. The molecule has 1 saturated heterocycles. The summed E-state index contributed by atoms with van der Waals surface area (Å²) in [7, 11) is 2.22. The third-order valence-electron chi connectivity index (χ3n) is 5.83. The maximum absolute atomic E-state index is 14.0. The first kappa shape index (κ1) is 20.8. The number of halogens is 1. The van der Waals surface area contributed by atoms with Crippen molar-refractivity contribution in [3.05, 3.63) is 24.1 Å². The Morgan fingerprint density at radius 3 is 2.89 bits per heavy atom. The summed E-state index contributed by atoms with van der Waals surface area (Å²) in [6.07, 6.45) is 9.34. The van der Waals surface area contributed by atoms with E-state index in [0.29, 0.717) is 5.82 Å². The average Bonchev–Trinajstić information content (AvgIpc) is 3.17. The zero-order chi connectivity index (χ0) is 19.8. The molecule has 1 aromatic heterocycles. The Hall–Kier alpha value is -1.89. The fourth-order valence-electron chi connectivity index (χ4n) is 4.22. The molecule has 28 heavy (non-hydrogen) atoms. The van der Waals surface area contributed by atoms with Crippen molar-refractivity contribution < 1.29 is 4.39 Å². The normalized spacial score (nSPS) is 21.4. The summed E-state index contributed by atoms with van der Waals surface area (Å²) in [6.45, 7) is 6.21. The van der Waals surface area contributed by atoms with E-state index in [9.17, 15) is 4.39 Å². The molecule has 1 saturated carbocycles. The van der Waals surface area contributed by atoms with E-state index < -0.39 is 0 Å². The largest absolute Gasteiger partial charge is 0.357 e. The fraction of sp³-hybridized carbons (Fsp3) is 0.714. The van der Waals surface area contributed by atoms with E-state index in [2.05, 4.69) is 34.5 Å². The monoisotopic (exact) mass is 390 g/mol. The molecule has 0 spiro atoms. The molecule has 1 aliphatic heterocycles. The predicted molar refractivity (Wildman–Crippen MR) is 113 cm³/mol. The Morgan fingerprint density at radius 2 is 2.14 bits per heavy atom. The van der Waals surface area contributed by atoms with Crippen LogP contribution in [-0.4, -0.2) is 67.7 Å². The molecule has 0 amide bonds. The van der Waals surface area contributed by atoms with Crippen molar-refractivity contribution in [3.63, 3.8) is 0 Å². The van der Waals surface area contributed by atoms with Gasteiger partial charge in [0, 0.05) is 44.5 Å². The topological polar surface area (TPSA) is 55.8 Å². The van der Waals surface area contributed by atoms with Gasteiger partial charge in [-0.2, -0.15) is 0 Å². The molecule has 0 radical (unpaired) electrons. The minimum Gasteiger partial charge on any atom is -0.357 e. The SMILES string of the molecule is CCNC(=NCCN(C)C1CCCCC1)NC1CCN(c2ncccc2F)C1. The Morgan fingerprint density at radius 1 is 1.32 bits per heavy atom. The lowest BCUT2D eigenvalue weighted by molar-refractivity contribution is 0.196. The van der Waals surface area contributed by atoms with Crippen LogP contribution in [0.25, 0.3) is 0 Å². The second-order valence-electron chi connectivity index (χ2n) is 7.92. The third kappa shape index (κ3) is 5.80. The minimum atomic E-state index is -0.255. The highest BCUT2D eigenvalue weighted by molar-refractivity contribution is 5.80. The molecule has 1 aliphatic carbocycles. The number of nitrogens with zero attached hydrogens (tertiary/aromatic N) is 4. The molecule has 2 N–H and O–H groups in total. The highest BCUT2D eigenvalue weighted by atomic mass is 19.1. The summed E-state index contributed by atoms with van der Waals surface area (Å²) >= 11 is 0. The number of likely N-dealkylation sites (N-methyl/N-ethyl adjacent to an activating group) is 1. The van der Waals surface area contributed by atoms with Crippen LogP contribution in [0.4, 0.5) is 10.2 Å². The van der Waals surface area contributed by atoms with E-state index >= 15 is 0 Å². The van der Waals surface area contributed by atoms with E-state index in [1.807, 2.05) is 4.90 Å². The van der Waals surface area contributed by atoms with Crippen LogP contribution < -0.4 is 15.5 Å². The molecule has 6 nitrogen and oxygen atoms in total. The van der Waals surface area contributed by atoms with Crippen LogP contribution in [0.2, 0.25) is 0 Å². The molecule has 1 aromatic rings. The fourth-order valence-corrected chi connectivity index (χ4v) is 4.22. The van der Waals surface area contributed by atoms with E-state index in [0.717, 1.165) is 51.1 Å². The van der Waals surface area contributed by atoms with Gasteiger partial charge in [0.1, 0.15) is 0 Å². The summed E-state index contributed by atoms with van der Waals surface area (Å²) in [5.41, 5.74) is 0. The number of nitrogens with one attached hydrogen (secondary N) is 2. The molecule has 2 aliphatic rings. The zero-order valence-electron chi connectivity index (χ0n) is 17.3. The Kier molecular flexibility index (Phi) is 7.89. The van der Waals surface area contributed by atoms with Gasteiger partial charge in [-0.1, -0.05) is 19.3 Å². The van der Waals surface area contributed by atoms with Crippen molar-refractivity contribution in [3.8, 4) is 0 Å². The molecular formula is C21H35FN6. The molecule has 1 unspecified atom stereocenters. The number of aliphatic imine (C=N–C) groups is 1. The minimum absolute atomic E-state index is 0.246. The maximum atomic E-state index is 14.0. The number of guanidine groups is 1. The molecule has 2 fully saturated rings. The van der Waals surface area contributed by atoms with Crippen LogP contribution >= 0.6 is 0 Å². The standard InChI is InChI=1S/C21H35FN6/c1-3-23-21(25-13-15-27(2)18-8-5-4-6-9-18)26-17-11-14-28(16-17)20-19(22)10-7-12-24-20/h7,10,12,17-18H,3-6,8-9,11,13-16H2,1-2H3,(H2,23,25,26). The molecule has 2 heterocycles. The first-order valence-corrected chi connectivity index (χ1v) is 10.8. The molecule has 0 aromatic carbocycles. The van der Waals surface area contributed by atoms with E-state index in [1.54, 1.807) is 12.3 Å². The number of aromatic nitrogens is 1. The zero-order valence-corrected chi connectivity index (χ0v) is 17.3. The van der Waals surface area contributed by atoms with E-state index in [4.69, 9.17) is 4.99 Å². The van der Waals surface area contributed by atoms with Crippen molar-refractivity contribution in [2.24, 2.45) is 4.99 Å². The van der Waals surface area contributed by atoms with Gasteiger partial charge >= 0.3 is 0 Å². The highest BCUT2D eigenvalue weighted by Gasteiger charge is 2.26. The number of hydrogen-bond donors (Lipinski definition) is 2. The van der Waals surface area contributed by atoms with Crippen LogP contribution in [0.15, 0.2) is 23.3 Å². The Labute approximate surface area is 168 Å². The van der Waals surface area contributed by atoms with Gasteiger partial charge < -0.3 is 20.4 Å². The molecule has 1 atom stereocenters. The third-order valence-corrected chi connectivity index (χ3v) is 5.83. The average molecular weight is 391 g/mol. The van der Waals surface area contributed by atoms with E-state index in [1.165, 1.54) is 38.2 Å². The van der Waals surface area contributed by atoms with Crippen molar-refractivity contribution >= 4 is 11.8 Å². The summed E-state index contributed by atoms with van der Waals surface area (Å²) in [6, 6.07) is 4.06. The van der Waals surface area contributed by atoms with Crippen molar-refractivity contribution in [1.29, 1.82) is 0 Å². The number of rotatable bonds is 7. The van der Waals surface area contributed by atoms with Gasteiger partial charge in [0.15, 0.2) is 17.6 Å². The Balaban J connectivity index is 1.48. The van der Waals surface area contributed by atoms with Gasteiger partial charge in [0.2, 0.25) is 0 Å². The second kappa shape index (κ2) is 10.6. The lowest BCUT2D eigenvalue weighted by Crippen LogP contribution is -2.45. The number of anilines is 1. The summed E-state index contributed by atoms with van der Waals surface area (Å²) < 4.78 is 14.0. The Bertz CT molecular complexity index is 631. The lowest BCUT2D eigenvalue weighted by Gasteiger charge is -2.30. The van der Waals surface area contributed by atoms with Gasteiger partial charge in [-0.25, -0.2) is 9.37 Å². The summed E-state index contributed by atoms with van der Waals surface area (Å²) in [5, 5.41) is 6.86. The molecule has 156 valence electrons. The van der Waals surface area contributed by atoms with Gasteiger partial charge in [0.25, 0.3) is 0 Å². The first-order chi connectivity index (χ1) is 13.7.